The number of likely N-dealkylation sites (N-methyl/N-ethyl adjacent to an activating group) is 1. The minimum Gasteiger partial charge on any atom is -0.347 e. The number of nitrogens with zero attached hydrogens (tertiary/aromatic N) is 1. The smallest absolute Gasteiger partial charge is 0.241 e. The number of hydrogen-bond acceptors (Lipinski definition) is 2. The summed E-state index contributed by atoms with van der Waals surface area (Å²) in [5.41, 5.74) is -0.516. The zero-order valence-electron chi connectivity index (χ0n) is 11.5. The standard InChI is InChI=1S/C13H26N2O/c1-8-9-10(2)11(3)14-13(4,5)12(16)15(6)7/h8,10-11,14H,1,9H2,2-7H3. The summed E-state index contributed by atoms with van der Waals surface area (Å²) in [6, 6.07) is 0.289. The molecule has 3 nitrogen and oxygen atoms in total. The Labute approximate surface area is 99.9 Å². The highest BCUT2D eigenvalue weighted by Gasteiger charge is 2.31. The number of carbonyl (C=O) groups is 1. The molecule has 1 N–H and O–H groups in total. The van der Waals surface area contributed by atoms with Crippen molar-refractivity contribution in [1.82, 2.24) is 10.2 Å². The molecule has 0 saturated carbocycles. The summed E-state index contributed by atoms with van der Waals surface area (Å²) in [6.45, 7) is 11.9. The van der Waals surface area contributed by atoms with Crippen LogP contribution in [0, 0.1) is 5.92 Å². The lowest BCUT2D eigenvalue weighted by Gasteiger charge is -2.33. The molecule has 0 spiro atoms. The van der Waals surface area contributed by atoms with Crippen LogP contribution in [0.25, 0.3) is 0 Å². The molecule has 0 aliphatic carbocycles. The Kier molecular flexibility index (Phi) is 5.73. The van der Waals surface area contributed by atoms with Gasteiger partial charge in [0.1, 0.15) is 0 Å². The molecule has 0 heterocycles. The second-order valence-electron chi connectivity index (χ2n) is 5.26. The quantitative estimate of drug-likeness (QED) is 0.703. The predicted molar refractivity (Wildman–Crippen MR) is 69.3 cm³/mol. The van der Waals surface area contributed by atoms with Crippen LogP contribution >= 0.6 is 0 Å². The minimum atomic E-state index is -0.516. The van der Waals surface area contributed by atoms with Gasteiger partial charge in [0, 0.05) is 20.1 Å². The van der Waals surface area contributed by atoms with Crippen LogP contribution in [0.4, 0.5) is 0 Å². The molecule has 0 aliphatic heterocycles. The summed E-state index contributed by atoms with van der Waals surface area (Å²) >= 11 is 0. The number of rotatable bonds is 6. The fourth-order valence-corrected chi connectivity index (χ4v) is 1.80. The van der Waals surface area contributed by atoms with E-state index >= 15 is 0 Å². The van der Waals surface area contributed by atoms with Gasteiger partial charge >= 0.3 is 0 Å². The average molecular weight is 226 g/mol. The SMILES string of the molecule is C=CCC(C)C(C)NC(C)(C)C(=O)N(C)C. The van der Waals surface area contributed by atoms with Crippen molar-refractivity contribution in [3.8, 4) is 0 Å². The van der Waals surface area contributed by atoms with Crippen LogP contribution in [-0.4, -0.2) is 36.5 Å². The van der Waals surface area contributed by atoms with Crippen LogP contribution in [0.5, 0.6) is 0 Å². The first-order valence-corrected chi connectivity index (χ1v) is 5.82. The molecular weight excluding hydrogens is 200 g/mol. The molecule has 0 aromatic rings. The number of amides is 1. The van der Waals surface area contributed by atoms with Gasteiger partial charge in [-0.05, 0) is 33.1 Å². The highest BCUT2D eigenvalue weighted by molar-refractivity contribution is 5.85. The fourth-order valence-electron chi connectivity index (χ4n) is 1.80. The molecule has 0 bridgehead atoms. The van der Waals surface area contributed by atoms with Crippen molar-refractivity contribution < 1.29 is 4.79 Å². The van der Waals surface area contributed by atoms with Gasteiger partial charge in [0.15, 0.2) is 0 Å². The van der Waals surface area contributed by atoms with E-state index < -0.39 is 5.54 Å². The summed E-state index contributed by atoms with van der Waals surface area (Å²) in [4.78, 5) is 13.5. The maximum Gasteiger partial charge on any atom is 0.241 e. The molecule has 1 amide bonds. The minimum absolute atomic E-state index is 0.102. The van der Waals surface area contributed by atoms with E-state index in [1.807, 2.05) is 19.9 Å². The van der Waals surface area contributed by atoms with Crippen molar-refractivity contribution in [2.45, 2.75) is 45.7 Å². The van der Waals surface area contributed by atoms with Gasteiger partial charge in [-0.25, -0.2) is 0 Å². The van der Waals surface area contributed by atoms with Crippen molar-refractivity contribution in [1.29, 1.82) is 0 Å². The predicted octanol–water partition coefficient (Wildman–Crippen LogP) is 2.04. The normalized spacial score (nSPS) is 15.4. The third-order valence-electron chi connectivity index (χ3n) is 2.92. The lowest BCUT2D eigenvalue weighted by molar-refractivity contribution is -0.134. The maximum atomic E-state index is 11.9. The van der Waals surface area contributed by atoms with Crippen molar-refractivity contribution in [3.63, 3.8) is 0 Å². The van der Waals surface area contributed by atoms with E-state index in [9.17, 15) is 4.79 Å². The van der Waals surface area contributed by atoms with Crippen LogP contribution in [0.15, 0.2) is 12.7 Å². The van der Waals surface area contributed by atoms with E-state index in [0.717, 1.165) is 6.42 Å². The van der Waals surface area contributed by atoms with Gasteiger partial charge in [0.25, 0.3) is 0 Å². The summed E-state index contributed by atoms with van der Waals surface area (Å²) in [6.07, 6.45) is 2.88. The van der Waals surface area contributed by atoms with Crippen molar-refractivity contribution in [2.75, 3.05) is 14.1 Å². The third-order valence-corrected chi connectivity index (χ3v) is 2.92. The third kappa shape index (κ3) is 4.35. The first-order chi connectivity index (χ1) is 7.22. The lowest BCUT2D eigenvalue weighted by Crippen LogP contribution is -2.56. The Hall–Kier alpha value is -0.830. The largest absolute Gasteiger partial charge is 0.347 e. The van der Waals surface area contributed by atoms with E-state index in [4.69, 9.17) is 0 Å². The highest BCUT2D eigenvalue weighted by atomic mass is 16.2. The average Bonchev–Trinajstić information content (AvgIpc) is 2.16. The van der Waals surface area contributed by atoms with E-state index in [0.29, 0.717) is 5.92 Å². The summed E-state index contributed by atoms with van der Waals surface area (Å²) in [7, 11) is 3.56. The lowest BCUT2D eigenvalue weighted by atomic mass is 9.95. The van der Waals surface area contributed by atoms with Crippen LogP contribution in [-0.2, 0) is 4.79 Å². The van der Waals surface area contributed by atoms with E-state index in [1.54, 1.807) is 19.0 Å². The summed E-state index contributed by atoms with van der Waals surface area (Å²) in [5.74, 6) is 0.580. The molecule has 2 atom stereocenters. The van der Waals surface area contributed by atoms with Crippen molar-refractivity contribution in [3.05, 3.63) is 12.7 Å². The molecule has 3 heteroatoms. The first-order valence-electron chi connectivity index (χ1n) is 5.82. The fraction of sp³-hybridized carbons (Fsp3) is 0.769. The van der Waals surface area contributed by atoms with Crippen LogP contribution < -0.4 is 5.32 Å². The van der Waals surface area contributed by atoms with Gasteiger partial charge in [-0.3, -0.25) is 4.79 Å². The zero-order valence-corrected chi connectivity index (χ0v) is 11.5. The molecule has 94 valence electrons. The highest BCUT2D eigenvalue weighted by Crippen LogP contribution is 2.14. The van der Waals surface area contributed by atoms with Gasteiger partial charge in [0.2, 0.25) is 5.91 Å². The van der Waals surface area contributed by atoms with Gasteiger partial charge in [-0.15, -0.1) is 6.58 Å². The van der Waals surface area contributed by atoms with Gasteiger partial charge in [-0.2, -0.15) is 0 Å². The summed E-state index contributed by atoms with van der Waals surface area (Å²) in [5, 5.41) is 3.38. The van der Waals surface area contributed by atoms with Crippen molar-refractivity contribution in [2.24, 2.45) is 5.92 Å². The number of allylic oxidation sites excluding steroid dienone is 1. The number of nitrogens with one attached hydrogen (secondary N) is 1. The van der Waals surface area contributed by atoms with E-state index in [2.05, 4.69) is 25.7 Å². The van der Waals surface area contributed by atoms with Gasteiger partial charge in [0.05, 0.1) is 5.54 Å². The molecule has 0 radical (unpaired) electrons. The molecule has 16 heavy (non-hydrogen) atoms. The van der Waals surface area contributed by atoms with Crippen molar-refractivity contribution >= 4 is 5.91 Å². The Bertz CT molecular complexity index is 246. The van der Waals surface area contributed by atoms with Gasteiger partial charge < -0.3 is 10.2 Å². The second-order valence-corrected chi connectivity index (χ2v) is 5.26. The second kappa shape index (κ2) is 6.04. The Balaban J connectivity index is 4.46. The molecule has 0 aliphatic rings. The summed E-state index contributed by atoms with van der Waals surface area (Å²) < 4.78 is 0. The monoisotopic (exact) mass is 226 g/mol. The molecule has 2 unspecified atom stereocenters. The Morgan fingerprint density at radius 1 is 1.44 bits per heavy atom. The molecule has 0 fully saturated rings. The molecular formula is C13H26N2O. The zero-order chi connectivity index (χ0) is 12.9. The topological polar surface area (TPSA) is 32.3 Å². The molecule has 0 saturated heterocycles. The van der Waals surface area contributed by atoms with Gasteiger partial charge in [-0.1, -0.05) is 13.0 Å². The van der Waals surface area contributed by atoms with Crippen LogP contribution in [0.3, 0.4) is 0 Å². The molecule has 0 aromatic carbocycles. The van der Waals surface area contributed by atoms with E-state index in [-0.39, 0.29) is 11.9 Å². The maximum absolute atomic E-state index is 11.9. The first kappa shape index (κ1) is 15.2. The Morgan fingerprint density at radius 2 is 1.94 bits per heavy atom. The Morgan fingerprint density at radius 3 is 2.31 bits per heavy atom. The molecule has 0 rings (SSSR count). The van der Waals surface area contributed by atoms with Crippen LogP contribution in [0.1, 0.15) is 34.1 Å². The molecule has 0 aromatic heterocycles. The van der Waals surface area contributed by atoms with Crippen LogP contribution in [0.2, 0.25) is 0 Å². The van der Waals surface area contributed by atoms with E-state index in [1.165, 1.54) is 0 Å². The number of hydrogen-bond donors (Lipinski definition) is 1. The number of carbonyl (C=O) groups excluding carboxylic acids is 1.